The van der Waals surface area contributed by atoms with Crippen molar-refractivity contribution in [3.05, 3.63) is 53.6 Å². The summed E-state index contributed by atoms with van der Waals surface area (Å²) < 4.78 is 0. The molecule has 2 aliphatic rings. The number of rotatable bonds is 4. The first-order valence-electron chi connectivity index (χ1n) is 11.2. The number of nitrogens with zero attached hydrogens (tertiary/aromatic N) is 4. The highest BCUT2D eigenvalue weighted by atomic mass is 16.2. The van der Waals surface area contributed by atoms with Gasteiger partial charge in [0.2, 0.25) is 11.8 Å². The van der Waals surface area contributed by atoms with Crippen LogP contribution in [0.4, 0.5) is 5.69 Å². The summed E-state index contributed by atoms with van der Waals surface area (Å²) in [7, 11) is 0. The van der Waals surface area contributed by atoms with Crippen molar-refractivity contribution in [2.75, 3.05) is 25.0 Å². The van der Waals surface area contributed by atoms with E-state index in [-0.39, 0.29) is 29.7 Å². The lowest BCUT2D eigenvalue weighted by molar-refractivity contribution is -0.141. The lowest BCUT2D eigenvalue weighted by Gasteiger charge is -2.34. The minimum atomic E-state index is -0.253. The number of hydrogen-bond donors (Lipinski definition) is 1. The van der Waals surface area contributed by atoms with Crippen LogP contribution in [0, 0.1) is 12.8 Å². The van der Waals surface area contributed by atoms with Crippen molar-refractivity contribution in [2.45, 2.75) is 45.6 Å². The molecule has 0 bridgehead atoms. The molecule has 2 aromatic rings. The largest absolute Gasteiger partial charge is 0.343 e. The second-order valence-corrected chi connectivity index (χ2v) is 8.52. The van der Waals surface area contributed by atoms with E-state index in [4.69, 9.17) is 0 Å². The minimum absolute atomic E-state index is 0.0650. The maximum atomic E-state index is 13.2. The van der Waals surface area contributed by atoms with E-state index in [2.05, 4.69) is 15.3 Å². The Hall–Kier alpha value is -3.29. The second-order valence-electron chi connectivity index (χ2n) is 8.52. The van der Waals surface area contributed by atoms with Crippen LogP contribution in [-0.4, -0.2) is 57.1 Å². The molecule has 8 heteroatoms. The maximum absolute atomic E-state index is 13.2. The van der Waals surface area contributed by atoms with Crippen LogP contribution in [-0.2, 0) is 9.59 Å². The van der Waals surface area contributed by atoms with Crippen LogP contribution in [0.1, 0.15) is 60.5 Å². The van der Waals surface area contributed by atoms with Crippen LogP contribution in [0.15, 0.2) is 36.5 Å². The van der Waals surface area contributed by atoms with Gasteiger partial charge in [0.05, 0.1) is 17.3 Å². The van der Waals surface area contributed by atoms with Crippen molar-refractivity contribution in [1.29, 1.82) is 0 Å². The predicted octanol–water partition coefficient (Wildman–Crippen LogP) is 2.96. The van der Waals surface area contributed by atoms with Gasteiger partial charge in [-0.3, -0.25) is 14.4 Å². The first kappa shape index (κ1) is 21.9. The van der Waals surface area contributed by atoms with Gasteiger partial charge in [0.1, 0.15) is 0 Å². The van der Waals surface area contributed by atoms with Gasteiger partial charge in [0.25, 0.3) is 5.91 Å². The average Bonchev–Trinajstić information content (AvgIpc) is 3.29. The van der Waals surface area contributed by atoms with Gasteiger partial charge < -0.3 is 15.1 Å². The fourth-order valence-electron chi connectivity index (χ4n) is 4.56. The number of benzene rings is 1. The van der Waals surface area contributed by atoms with Crippen molar-refractivity contribution in [2.24, 2.45) is 5.92 Å². The van der Waals surface area contributed by atoms with E-state index in [1.807, 2.05) is 35.2 Å². The molecule has 168 valence electrons. The number of likely N-dealkylation sites (tertiary alicyclic amines) is 2. The molecule has 3 heterocycles. The highest BCUT2D eigenvalue weighted by Gasteiger charge is 2.37. The van der Waals surface area contributed by atoms with E-state index >= 15 is 0 Å². The van der Waals surface area contributed by atoms with Crippen LogP contribution in [0.5, 0.6) is 0 Å². The van der Waals surface area contributed by atoms with Crippen LogP contribution in [0.2, 0.25) is 0 Å². The number of piperidine rings is 1. The number of aryl methyl sites for hydroxylation is 1. The Kier molecular flexibility index (Phi) is 6.48. The molecule has 8 nitrogen and oxygen atoms in total. The predicted molar refractivity (Wildman–Crippen MR) is 120 cm³/mol. The number of amides is 3. The lowest BCUT2D eigenvalue weighted by atomic mass is 9.95. The zero-order valence-electron chi connectivity index (χ0n) is 18.6. The summed E-state index contributed by atoms with van der Waals surface area (Å²) in [4.78, 5) is 50.2. The van der Waals surface area contributed by atoms with Crippen LogP contribution < -0.4 is 5.32 Å². The van der Waals surface area contributed by atoms with Gasteiger partial charge in [-0.2, -0.15) is 0 Å². The van der Waals surface area contributed by atoms with Gasteiger partial charge in [-0.05, 0) is 44.7 Å². The van der Waals surface area contributed by atoms with Gasteiger partial charge >= 0.3 is 0 Å². The van der Waals surface area contributed by atoms with E-state index in [0.29, 0.717) is 55.2 Å². The molecule has 2 saturated heterocycles. The summed E-state index contributed by atoms with van der Waals surface area (Å²) in [5.74, 6) is 0.462. The number of hydrogen-bond acceptors (Lipinski definition) is 5. The van der Waals surface area contributed by atoms with E-state index in [1.165, 1.54) is 0 Å². The molecule has 2 fully saturated rings. The molecule has 1 N–H and O–H groups in total. The van der Waals surface area contributed by atoms with Gasteiger partial charge in [-0.15, -0.1) is 0 Å². The number of para-hydroxylation sites is 1. The van der Waals surface area contributed by atoms with Crippen molar-refractivity contribution < 1.29 is 14.4 Å². The fraction of sp³-hybridized carbons (Fsp3) is 0.458. The molecule has 1 aromatic heterocycles. The summed E-state index contributed by atoms with van der Waals surface area (Å²) in [6, 6.07) is 9.09. The Labute approximate surface area is 188 Å². The van der Waals surface area contributed by atoms with E-state index in [1.54, 1.807) is 24.9 Å². The number of anilines is 1. The highest BCUT2D eigenvalue weighted by molar-refractivity contribution is 6.04. The smallest absolute Gasteiger partial charge is 0.259 e. The Balaban J connectivity index is 1.44. The summed E-state index contributed by atoms with van der Waals surface area (Å²) in [6.07, 6.45) is 4.66. The monoisotopic (exact) mass is 435 g/mol. The summed E-state index contributed by atoms with van der Waals surface area (Å²) in [6.45, 7) is 5.32. The molecule has 1 atom stereocenters. The molecule has 1 aromatic carbocycles. The van der Waals surface area contributed by atoms with Crippen molar-refractivity contribution in [1.82, 2.24) is 19.8 Å². The Morgan fingerprint density at radius 2 is 1.75 bits per heavy atom. The Morgan fingerprint density at radius 1 is 1.03 bits per heavy atom. The first-order chi connectivity index (χ1) is 15.4. The van der Waals surface area contributed by atoms with E-state index in [0.717, 1.165) is 12.8 Å². The van der Waals surface area contributed by atoms with Crippen molar-refractivity contribution >= 4 is 23.4 Å². The van der Waals surface area contributed by atoms with Gasteiger partial charge in [-0.1, -0.05) is 18.2 Å². The maximum Gasteiger partial charge on any atom is 0.259 e. The van der Waals surface area contributed by atoms with Crippen molar-refractivity contribution in [3.8, 4) is 0 Å². The normalized spacial score (nSPS) is 19.1. The fourth-order valence-corrected chi connectivity index (χ4v) is 4.56. The zero-order chi connectivity index (χ0) is 22.7. The van der Waals surface area contributed by atoms with Gasteiger partial charge in [0, 0.05) is 44.4 Å². The molecule has 4 rings (SSSR count). The topological polar surface area (TPSA) is 95.5 Å². The molecule has 0 unspecified atom stereocenters. The second kappa shape index (κ2) is 9.46. The Bertz CT molecular complexity index is 1000. The van der Waals surface area contributed by atoms with Crippen molar-refractivity contribution in [3.63, 3.8) is 0 Å². The SMILES string of the molecule is CC(=O)N1CCC(C(=O)N2CCC[C@H]2c2ncc(C(=O)Nc3ccccc3)c(C)n2)CC1. The standard InChI is InChI=1S/C24H29N5O3/c1-16-20(23(31)27-19-7-4-3-5-8-19)15-25-22(26-16)21-9-6-12-29(21)24(32)18-10-13-28(14-11-18)17(2)30/h3-5,7-8,15,18,21H,6,9-14H2,1-2H3,(H,27,31)/t21-/m0/s1. The molecule has 0 saturated carbocycles. The van der Waals surface area contributed by atoms with Crippen LogP contribution in [0.25, 0.3) is 0 Å². The van der Waals surface area contributed by atoms with Gasteiger partial charge in [-0.25, -0.2) is 9.97 Å². The number of carbonyl (C=O) groups is 3. The first-order valence-corrected chi connectivity index (χ1v) is 11.2. The molecule has 32 heavy (non-hydrogen) atoms. The number of carbonyl (C=O) groups excluding carboxylic acids is 3. The number of aromatic nitrogens is 2. The van der Waals surface area contributed by atoms with Gasteiger partial charge in [0.15, 0.2) is 5.82 Å². The van der Waals surface area contributed by atoms with E-state index in [9.17, 15) is 14.4 Å². The molecule has 0 aliphatic carbocycles. The molecular weight excluding hydrogens is 406 g/mol. The zero-order valence-corrected chi connectivity index (χ0v) is 18.6. The van der Waals surface area contributed by atoms with Crippen LogP contribution in [0.3, 0.4) is 0 Å². The summed E-state index contributed by atoms with van der Waals surface area (Å²) >= 11 is 0. The van der Waals surface area contributed by atoms with Crippen LogP contribution >= 0.6 is 0 Å². The minimum Gasteiger partial charge on any atom is -0.343 e. The molecular formula is C24H29N5O3. The summed E-state index contributed by atoms with van der Waals surface area (Å²) in [5, 5.41) is 2.86. The average molecular weight is 436 g/mol. The molecule has 0 spiro atoms. The third-order valence-electron chi connectivity index (χ3n) is 6.40. The third kappa shape index (κ3) is 4.64. The molecule has 0 radical (unpaired) electrons. The van der Waals surface area contributed by atoms with E-state index < -0.39 is 0 Å². The number of nitrogens with one attached hydrogen (secondary N) is 1. The third-order valence-corrected chi connectivity index (χ3v) is 6.40. The lowest BCUT2D eigenvalue weighted by Crippen LogP contribution is -2.43. The highest BCUT2D eigenvalue weighted by Crippen LogP contribution is 2.33. The quantitative estimate of drug-likeness (QED) is 0.797. The Morgan fingerprint density at radius 3 is 2.41 bits per heavy atom. The molecule has 3 amide bonds. The summed E-state index contributed by atoms with van der Waals surface area (Å²) in [5.41, 5.74) is 1.73. The molecule has 2 aliphatic heterocycles.